The number of rotatable bonds is 1. The number of hydrogen-bond acceptors (Lipinski definition) is 2. The molecule has 0 radical (unpaired) electrons. The van der Waals surface area contributed by atoms with E-state index in [-0.39, 0.29) is 0 Å². The van der Waals surface area contributed by atoms with Crippen LogP contribution in [0.4, 0.5) is 5.95 Å². The van der Waals surface area contributed by atoms with Gasteiger partial charge in [-0.15, -0.1) is 0 Å². The number of imidazole rings is 1. The molecule has 0 saturated heterocycles. The Balaban J connectivity index is 1.97. The molecule has 1 aromatic rings. The van der Waals surface area contributed by atoms with Gasteiger partial charge in [-0.05, 0) is 19.3 Å². The Hall–Kier alpha value is -0.700. The molecule has 15 heavy (non-hydrogen) atoms. The van der Waals surface area contributed by atoms with Crippen LogP contribution < -0.4 is 5.32 Å². The van der Waals surface area contributed by atoms with Crippen LogP contribution in [0.1, 0.15) is 43.7 Å². The highest BCUT2D eigenvalue weighted by atomic mass is 35.5. The molecule has 82 valence electrons. The molecule has 1 saturated carbocycles. The molecule has 0 atom stereocenters. The Morgan fingerprint density at radius 1 is 1.27 bits per heavy atom. The van der Waals surface area contributed by atoms with Crippen LogP contribution in [0, 0.1) is 0 Å². The number of fused-ring (bicyclic) bond motifs is 1. The second-order valence-electron chi connectivity index (χ2n) is 4.52. The van der Waals surface area contributed by atoms with Crippen LogP contribution in [0.25, 0.3) is 0 Å². The van der Waals surface area contributed by atoms with Crippen molar-refractivity contribution >= 4 is 17.5 Å². The molecule has 0 aromatic carbocycles. The minimum atomic E-state index is 0.609. The first-order chi connectivity index (χ1) is 7.36. The molecule has 4 heteroatoms. The lowest BCUT2D eigenvalue weighted by atomic mass is 10.1. The lowest BCUT2D eigenvalue weighted by molar-refractivity contribution is 0.626. The van der Waals surface area contributed by atoms with E-state index < -0.39 is 0 Å². The van der Waals surface area contributed by atoms with Crippen LogP contribution in [0.15, 0.2) is 0 Å². The molecule has 0 amide bonds. The molecule has 0 spiro atoms. The van der Waals surface area contributed by atoms with Gasteiger partial charge in [0.2, 0.25) is 5.95 Å². The quantitative estimate of drug-likeness (QED) is 0.796. The van der Waals surface area contributed by atoms with E-state index in [0.717, 1.165) is 36.3 Å². The third-order valence-electron chi connectivity index (χ3n) is 3.51. The minimum absolute atomic E-state index is 0.609. The van der Waals surface area contributed by atoms with Crippen molar-refractivity contribution in [2.45, 2.75) is 44.6 Å². The maximum atomic E-state index is 6.38. The summed E-state index contributed by atoms with van der Waals surface area (Å²) in [5, 5.41) is 4.19. The summed E-state index contributed by atoms with van der Waals surface area (Å²) in [6.45, 7) is 2.04. The second-order valence-corrected chi connectivity index (χ2v) is 4.88. The zero-order valence-electron chi connectivity index (χ0n) is 8.80. The molecule has 2 heterocycles. The summed E-state index contributed by atoms with van der Waals surface area (Å²) in [7, 11) is 0. The Kier molecular flexibility index (Phi) is 2.35. The molecule has 1 aromatic heterocycles. The van der Waals surface area contributed by atoms with Crippen LogP contribution in [-0.4, -0.2) is 16.1 Å². The molecule has 1 aliphatic heterocycles. The van der Waals surface area contributed by atoms with Crippen molar-refractivity contribution in [2.75, 3.05) is 11.9 Å². The third-order valence-corrected chi connectivity index (χ3v) is 3.91. The van der Waals surface area contributed by atoms with Gasteiger partial charge in [-0.1, -0.05) is 24.4 Å². The average molecular weight is 226 g/mol. The third kappa shape index (κ3) is 1.53. The summed E-state index contributed by atoms with van der Waals surface area (Å²) in [5.74, 6) is 1.59. The Bertz CT molecular complexity index is 366. The molecule has 0 bridgehead atoms. The number of hydrogen-bond donors (Lipinski definition) is 1. The van der Waals surface area contributed by atoms with Crippen LogP contribution in [-0.2, 0) is 6.54 Å². The van der Waals surface area contributed by atoms with E-state index in [1.54, 1.807) is 0 Å². The normalized spacial score (nSPS) is 21.4. The van der Waals surface area contributed by atoms with Crippen molar-refractivity contribution < 1.29 is 0 Å². The molecular weight excluding hydrogens is 210 g/mol. The van der Waals surface area contributed by atoms with Gasteiger partial charge in [0.15, 0.2) is 0 Å². The molecular formula is C11H16ClN3. The fraction of sp³-hybridized carbons (Fsp3) is 0.727. The first-order valence-electron chi connectivity index (χ1n) is 5.86. The van der Waals surface area contributed by atoms with Crippen LogP contribution in [0.2, 0.25) is 5.15 Å². The number of nitrogens with zero attached hydrogens (tertiary/aromatic N) is 2. The van der Waals surface area contributed by atoms with Crippen LogP contribution >= 0.6 is 11.6 Å². The Labute approximate surface area is 94.8 Å². The summed E-state index contributed by atoms with van der Waals surface area (Å²) in [5.41, 5.74) is 1.14. The van der Waals surface area contributed by atoms with E-state index in [2.05, 4.69) is 14.9 Å². The van der Waals surface area contributed by atoms with Gasteiger partial charge in [-0.2, -0.15) is 0 Å². The zero-order chi connectivity index (χ0) is 10.3. The molecule has 0 unspecified atom stereocenters. The predicted molar refractivity (Wildman–Crippen MR) is 61.6 cm³/mol. The van der Waals surface area contributed by atoms with Crippen molar-refractivity contribution in [2.24, 2.45) is 0 Å². The van der Waals surface area contributed by atoms with E-state index in [4.69, 9.17) is 11.6 Å². The molecule has 3 rings (SSSR count). The second kappa shape index (κ2) is 3.71. The predicted octanol–water partition coefficient (Wildman–Crippen LogP) is 3.01. The summed E-state index contributed by atoms with van der Waals surface area (Å²) in [4.78, 5) is 4.65. The zero-order valence-corrected chi connectivity index (χ0v) is 9.56. The topological polar surface area (TPSA) is 29.9 Å². The van der Waals surface area contributed by atoms with E-state index in [1.165, 1.54) is 25.7 Å². The SMILES string of the molecule is Clc1c(C2CCCC2)nc2n1CCCN2. The molecule has 1 N–H and O–H groups in total. The summed E-state index contributed by atoms with van der Waals surface area (Å²) in [6, 6.07) is 0. The largest absolute Gasteiger partial charge is 0.356 e. The first kappa shape index (κ1) is 9.52. The van der Waals surface area contributed by atoms with Gasteiger partial charge in [0.1, 0.15) is 5.15 Å². The van der Waals surface area contributed by atoms with E-state index >= 15 is 0 Å². The number of anilines is 1. The highest BCUT2D eigenvalue weighted by Crippen LogP contribution is 2.38. The smallest absolute Gasteiger partial charge is 0.204 e. The molecule has 3 nitrogen and oxygen atoms in total. The lowest BCUT2D eigenvalue weighted by Crippen LogP contribution is -2.17. The molecule has 1 aliphatic carbocycles. The fourth-order valence-electron chi connectivity index (χ4n) is 2.69. The van der Waals surface area contributed by atoms with Gasteiger partial charge in [0.25, 0.3) is 0 Å². The van der Waals surface area contributed by atoms with Gasteiger partial charge in [0.05, 0.1) is 5.69 Å². The Morgan fingerprint density at radius 2 is 2.07 bits per heavy atom. The highest BCUT2D eigenvalue weighted by molar-refractivity contribution is 6.30. The van der Waals surface area contributed by atoms with E-state index in [9.17, 15) is 0 Å². The number of aromatic nitrogens is 2. The van der Waals surface area contributed by atoms with Crippen molar-refractivity contribution in [1.29, 1.82) is 0 Å². The van der Waals surface area contributed by atoms with Crippen LogP contribution in [0.3, 0.4) is 0 Å². The lowest BCUT2D eigenvalue weighted by Gasteiger charge is -2.15. The Morgan fingerprint density at radius 3 is 2.80 bits per heavy atom. The van der Waals surface area contributed by atoms with Crippen molar-refractivity contribution in [1.82, 2.24) is 9.55 Å². The summed E-state index contributed by atoms with van der Waals surface area (Å²) >= 11 is 6.38. The number of nitrogens with one attached hydrogen (secondary N) is 1. The number of halogens is 1. The van der Waals surface area contributed by atoms with Crippen molar-refractivity contribution in [3.8, 4) is 0 Å². The molecule has 2 aliphatic rings. The van der Waals surface area contributed by atoms with Gasteiger partial charge in [-0.3, -0.25) is 0 Å². The minimum Gasteiger partial charge on any atom is -0.356 e. The average Bonchev–Trinajstić information content (AvgIpc) is 2.87. The first-order valence-corrected chi connectivity index (χ1v) is 6.24. The summed E-state index contributed by atoms with van der Waals surface area (Å²) in [6.07, 6.45) is 6.33. The van der Waals surface area contributed by atoms with E-state index in [0.29, 0.717) is 5.92 Å². The maximum absolute atomic E-state index is 6.38. The highest BCUT2D eigenvalue weighted by Gasteiger charge is 2.26. The van der Waals surface area contributed by atoms with Gasteiger partial charge < -0.3 is 9.88 Å². The van der Waals surface area contributed by atoms with Crippen LogP contribution in [0.5, 0.6) is 0 Å². The van der Waals surface area contributed by atoms with Crippen molar-refractivity contribution in [3.05, 3.63) is 10.8 Å². The molecule has 1 fully saturated rings. The van der Waals surface area contributed by atoms with Gasteiger partial charge >= 0.3 is 0 Å². The standard InChI is InChI=1S/C11H16ClN3/c12-10-9(8-4-1-2-5-8)14-11-13-6-3-7-15(10)11/h8H,1-7H2,(H,13,14). The maximum Gasteiger partial charge on any atom is 0.204 e. The van der Waals surface area contributed by atoms with Gasteiger partial charge in [-0.25, -0.2) is 4.98 Å². The van der Waals surface area contributed by atoms with Crippen molar-refractivity contribution in [3.63, 3.8) is 0 Å². The fourth-order valence-corrected chi connectivity index (χ4v) is 3.05. The monoisotopic (exact) mass is 225 g/mol. The summed E-state index contributed by atoms with van der Waals surface area (Å²) < 4.78 is 2.12. The van der Waals surface area contributed by atoms with E-state index in [1.807, 2.05) is 0 Å². The van der Waals surface area contributed by atoms with Gasteiger partial charge in [0, 0.05) is 19.0 Å².